The molecule has 72 valence electrons. The van der Waals surface area contributed by atoms with Crippen LogP contribution < -0.4 is 0 Å². The predicted molar refractivity (Wildman–Crippen MR) is 40.3 cm³/mol. The summed E-state index contributed by atoms with van der Waals surface area (Å²) in [5.74, 6) is 0. The van der Waals surface area contributed by atoms with E-state index in [2.05, 4.69) is 4.98 Å². The smallest absolute Gasteiger partial charge is 0.379 e. The Morgan fingerprint density at radius 1 is 1.46 bits per heavy atom. The summed E-state index contributed by atoms with van der Waals surface area (Å²) in [6.45, 7) is 0. The number of alkyl halides is 3. The second kappa shape index (κ2) is 3.51. The summed E-state index contributed by atoms with van der Waals surface area (Å²) < 4.78 is 35.9. The van der Waals surface area contributed by atoms with E-state index in [1.165, 1.54) is 12.3 Å². The van der Waals surface area contributed by atoms with Crippen LogP contribution in [0.5, 0.6) is 0 Å². The Morgan fingerprint density at radius 2 is 2.08 bits per heavy atom. The van der Waals surface area contributed by atoms with Crippen LogP contribution in [0.2, 0.25) is 5.15 Å². The minimum atomic E-state index is -4.72. The van der Waals surface area contributed by atoms with E-state index in [1.807, 2.05) is 0 Å². The fourth-order valence-corrected chi connectivity index (χ4v) is 1.00. The molecule has 1 heterocycles. The van der Waals surface area contributed by atoms with Crippen molar-refractivity contribution in [1.82, 2.24) is 4.98 Å². The standard InChI is InChI=1S/C7H5ClF3NO/c8-6-4(2-1-3-12-6)5(13)7(9,10)11/h1-3,5,13H/t5-/m1/s1. The lowest BCUT2D eigenvalue weighted by Crippen LogP contribution is -2.20. The third kappa shape index (κ3) is 2.32. The van der Waals surface area contributed by atoms with Crippen LogP contribution in [0.25, 0.3) is 0 Å². The highest BCUT2D eigenvalue weighted by Gasteiger charge is 2.40. The van der Waals surface area contributed by atoms with E-state index in [0.29, 0.717) is 0 Å². The van der Waals surface area contributed by atoms with E-state index in [-0.39, 0.29) is 5.15 Å². The summed E-state index contributed by atoms with van der Waals surface area (Å²) in [7, 11) is 0. The topological polar surface area (TPSA) is 33.1 Å². The van der Waals surface area contributed by atoms with Crippen LogP contribution in [-0.2, 0) is 0 Å². The molecule has 0 amide bonds. The van der Waals surface area contributed by atoms with Crippen LogP contribution in [0.4, 0.5) is 13.2 Å². The van der Waals surface area contributed by atoms with Gasteiger partial charge in [0.25, 0.3) is 0 Å². The van der Waals surface area contributed by atoms with Crippen molar-refractivity contribution in [2.45, 2.75) is 12.3 Å². The van der Waals surface area contributed by atoms with E-state index < -0.39 is 17.8 Å². The number of rotatable bonds is 1. The van der Waals surface area contributed by atoms with E-state index in [0.717, 1.165) is 6.07 Å². The molecule has 0 aliphatic carbocycles. The van der Waals surface area contributed by atoms with Gasteiger partial charge in [0, 0.05) is 11.8 Å². The third-order valence-electron chi connectivity index (χ3n) is 1.39. The summed E-state index contributed by atoms with van der Waals surface area (Å²) in [6, 6.07) is 2.35. The summed E-state index contributed by atoms with van der Waals surface area (Å²) in [6.07, 6.45) is -6.05. The van der Waals surface area contributed by atoms with Crippen molar-refractivity contribution in [2.75, 3.05) is 0 Å². The lowest BCUT2D eigenvalue weighted by Gasteiger charge is -2.14. The van der Waals surface area contributed by atoms with Crippen molar-refractivity contribution in [3.63, 3.8) is 0 Å². The van der Waals surface area contributed by atoms with E-state index in [9.17, 15) is 13.2 Å². The number of aliphatic hydroxyl groups excluding tert-OH is 1. The summed E-state index contributed by atoms with van der Waals surface area (Å²) in [4.78, 5) is 3.42. The van der Waals surface area contributed by atoms with Gasteiger partial charge in [-0.1, -0.05) is 17.7 Å². The van der Waals surface area contributed by atoms with E-state index in [4.69, 9.17) is 16.7 Å². The number of aliphatic hydroxyl groups is 1. The average Bonchev–Trinajstić information content (AvgIpc) is 2.02. The molecule has 1 aromatic heterocycles. The van der Waals surface area contributed by atoms with Gasteiger partial charge in [-0.3, -0.25) is 0 Å². The molecule has 2 nitrogen and oxygen atoms in total. The molecule has 0 fully saturated rings. The van der Waals surface area contributed by atoms with Crippen LogP contribution in [0.1, 0.15) is 11.7 Å². The SMILES string of the molecule is O[C@H](c1cccnc1Cl)C(F)(F)F. The molecule has 1 atom stereocenters. The molecule has 0 aliphatic rings. The first-order valence-electron chi connectivity index (χ1n) is 3.28. The highest BCUT2D eigenvalue weighted by molar-refractivity contribution is 6.30. The zero-order valence-corrected chi connectivity index (χ0v) is 6.97. The molecule has 0 saturated carbocycles. The van der Waals surface area contributed by atoms with Gasteiger partial charge in [-0.25, -0.2) is 4.98 Å². The number of hydrogen-bond acceptors (Lipinski definition) is 2. The maximum Gasteiger partial charge on any atom is 0.418 e. The Kier molecular flexibility index (Phi) is 2.77. The number of hydrogen-bond donors (Lipinski definition) is 1. The lowest BCUT2D eigenvalue weighted by atomic mass is 10.1. The molecule has 1 aromatic rings. The van der Waals surface area contributed by atoms with Crippen LogP contribution in [-0.4, -0.2) is 16.3 Å². The van der Waals surface area contributed by atoms with Gasteiger partial charge in [0.05, 0.1) is 0 Å². The summed E-state index contributed by atoms with van der Waals surface area (Å²) in [5, 5.41) is 8.45. The second-order valence-electron chi connectivity index (χ2n) is 2.33. The first-order valence-corrected chi connectivity index (χ1v) is 3.66. The lowest BCUT2D eigenvalue weighted by molar-refractivity contribution is -0.206. The number of nitrogens with zero attached hydrogens (tertiary/aromatic N) is 1. The number of pyridine rings is 1. The van der Waals surface area contributed by atoms with Crippen LogP contribution >= 0.6 is 11.6 Å². The Hall–Kier alpha value is -0.810. The molecule has 0 saturated heterocycles. The average molecular weight is 212 g/mol. The Labute approximate surface area is 77.0 Å². The van der Waals surface area contributed by atoms with Crippen LogP contribution in [0, 0.1) is 0 Å². The van der Waals surface area contributed by atoms with Crippen molar-refractivity contribution in [3.05, 3.63) is 29.0 Å². The maximum atomic E-state index is 12.0. The Morgan fingerprint density at radius 3 is 2.54 bits per heavy atom. The molecule has 0 aromatic carbocycles. The number of halogens is 4. The molecule has 13 heavy (non-hydrogen) atoms. The molecule has 1 N–H and O–H groups in total. The fraction of sp³-hybridized carbons (Fsp3) is 0.286. The quantitative estimate of drug-likeness (QED) is 0.724. The van der Waals surface area contributed by atoms with Gasteiger partial charge in [0.1, 0.15) is 5.15 Å². The van der Waals surface area contributed by atoms with E-state index >= 15 is 0 Å². The van der Waals surface area contributed by atoms with Crippen molar-refractivity contribution >= 4 is 11.6 Å². The molecule has 0 bridgehead atoms. The maximum absolute atomic E-state index is 12.0. The third-order valence-corrected chi connectivity index (χ3v) is 1.71. The molecular weight excluding hydrogens is 207 g/mol. The summed E-state index contributed by atoms with van der Waals surface area (Å²) in [5.41, 5.74) is -0.434. The fourth-order valence-electron chi connectivity index (χ4n) is 0.779. The van der Waals surface area contributed by atoms with Gasteiger partial charge in [-0.05, 0) is 6.07 Å². The van der Waals surface area contributed by atoms with Gasteiger partial charge in [-0.15, -0.1) is 0 Å². The molecular formula is C7H5ClF3NO. The van der Waals surface area contributed by atoms with Crippen LogP contribution in [0.3, 0.4) is 0 Å². The predicted octanol–water partition coefficient (Wildman–Crippen LogP) is 2.33. The minimum Gasteiger partial charge on any atom is -0.379 e. The van der Waals surface area contributed by atoms with Crippen molar-refractivity contribution in [2.24, 2.45) is 0 Å². The molecule has 1 rings (SSSR count). The zero-order chi connectivity index (χ0) is 10.1. The Bertz CT molecular complexity index is 302. The minimum absolute atomic E-state index is 0.340. The molecule has 0 aliphatic heterocycles. The Balaban J connectivity index is 3.02. The van der Waals surface area contributed by atoms with Gasteiger partial charge in [0.15, 0.2) is 6.10 Å². The highest BCUT2D eigenvalue weighted by atomic mass is 35.5. The monoisotopic (exact) mass is 211 g/mol. The normalized spacial score (nSPS) is 14.2. The highest BCUT2D eigenvalue weighted by Crippen LogP contribution is 2.34. The van der Waals surface area contributed by atoms with Gasteiger partial charge >= 0.3 is 6.18 Å². The van der Waals surface area contributed by atoms with Crippen molar-refractivity contribution in [3.8, 4) is 0 Å². The van der Waals surface area contributed by atoms with E-state index in [1.54, 1.807) is 0 Å². The molecule has 6 heteroatoms. The second-order valence-corrected chi connectivity index (χ2v) is 2.69. The van der Waals surface area contributed by atoms with Gasteiger partial charge < -0.3 is 5.11 Å². The number of aromatic nitrogens is 1. The molecule has 0 spiro atoms. The van der Waals surface area contributed by atoms with Crippen molar-refractivity contribution < 1.29 is 18.3 Å². The summed E-state index contributed by atoms with van der Waals surface area (Å²) >= 11 is 5.35. The first-order chi connectivity index (χ1) is 5.93. The van der Waals surface area contributed by atoms with Crippen LogP contribution in [0.15, 0.2) is 18.3 Å². The van der Waals surface area contributed by atoms with Crippen molar-refractivity contribution in [1.29, 1.82) is 0 Å². The zero-order valence-electron chi connectivity index (χ0n) is 6.22. The first kappa shape index (κ1) is 10.3. The van der Waals surface area contributed by atoms with Gasteiger partial charge in [0.2, 0.25) is 0 Å². The van der Waals surface area contributed by atoms with Gasteiger partial charge in [-0.2, -0.15) is 13.2 Å². The molecule has 0 radical (unpaired) electrons. The molecule has 0 unspecified atom stereocenters. The largest absolute Gasteiger partial charge is 0.418 e.